The number of ether oxygens (including phenoxy) is 1. The fourth-order valence-corrected chi connectivity index (χ4v) is 3.47. The molecule has 1 N–H and O–H groups in total. The molecular formula is C15H18ClN3O2S2. The van der Waals surface area contributed by atoms with Crippen LogP contribution < -0.4 is 10.1 Å². The molecule has 0 aliphatic heterocycles. The largest absolute Gasteiger partial charge is 0.481 e. The highest BCUT2D eigenvalue weighted by molar-refractivity contribution is 8.01. The van der Waals surface area contributed by atoms with E-state index in [1.54, 1.807) is 43.0 Å². The van der Waals surface area contributed by atoms with Gasteiger partial charge < -0.3 is 4.74 Å². The van der Waals surface area contributed by atoms with Crippen LogP contribution in [0, 0.1) is 5.92 Å². The Labute approximate surface area is 148 Å². The molecule has 5 nitrogen and oxygen atoms in total. The molecule has 0 unspecified atom stereocenters. The van der Waals surface area contributed by atoms with Crippen molar-refractivity contribution in [3.63, 3.8) is 0 Å². The Balaban J connectivity index is 1.88. The quantitative estimate of drug-likeness (QED) is 0.579. The number of aromatic nitrogens is 2. The molecule has 0 saturated heterocycles. The maximum Gasteiger partial charge on any atom is 0.266 e. The van der Waals surface area contributed by atoms with Crippen LogP contribution in [0.4, 0.5) is 5.13 Å². The lowest BCUT2D eigenvalue weighted by atomic mass is 10.3. The summed E-state index contributed by atoms with van der Waals surface area (Å²) in [6.07, 6.45) is -0.663. The Kier molecular flexibility index (Phi) is 6.68. The molecular weight excluding hydrogens is 354 g/mol. The van der Waals surface area contributed by atoms with E-state index >= 15 is 0 Å². The van der Waals surface area contributed by atoms with Gasteiger partial charge in [-0.25, -0.2) is 0 Å². The third-order valence-electron chi connectivity index (χ3n) is 2.65. The Morgan fingerprint density at radius 1 is 1.39 bits per heavy atom. The molecule has 0 aliphatic rings. The summed E-state index contributed by atoms with van der Waals surface area (Å²) in [7, 11) is 0. The lowest BCUT2D eigenvalue weighted by molar-refractivity contribution is -0.122. The Bertz CT molecular complexity index is 664. The molecule has 1 atom stereocenters. The Morgan fingerprint density at radius 3 is 2.87 bits per heavy atom. The van der Waals surface area contributed by atoms with Crippen LogP contribution in [0.1, 0.15) is 20.8 Å². The van der Waals surface area contributed by atoms with Crippen LogP contribution in [-0.2, 0) is 4.79 Å². The van der Waals surface area contributed by atoms with Gasteiger partial charge in [0.15, 0.2) is 10.4 Å². The molecule has 0 saturated carbocycles. The van der Waals surface area contributed by atoms with Gasteiger partial charge in [0.05, 0.1) is 0 Å². The number of hydrogen-bond acceptors (Lipinski definition) is 6. The molecule has 1 aromatic carbocycles. The monoisotopic (exact) mass is 371 g/mol. The van der Waals surface area contributed by atoms with E-state index in [4.69, 9.17) is 16.3 Å². The molecule has 1 amide bonds. The zero-order valence-electron chi connectivity index (χ0n) is 13.1. The van der Waals surface area contributed by atoms with E-state index in [0.29, 0.717) is 21.8 Å². The number of amides is 1. The van der Waals surface area contributed by atoms with Gasteiger partial charge in [0, 0.05) is 10.8 Å². The maximum absolute atomic E-state index is 12.1. The van der Waals surface area contributed by atoms with Crippen molar-refractivity contribution < 1.29 is 9.53 Å². The number of hydrogen-bond donors (Lipinski definition) is 1. The van der Waals surface area contributed by atoms with E-state index in [-0.39, 0.29) is 5.91 Å². The SMILES string of the molecule is CC(C)CSc1nnc(NC(=O)[C@H](C)Oc2cccc(Cl)c2)s1. The van der Waals surface area contributed by atoms with E-state index < -0.39 is 6.10 Å². The van der Waals surface area contributed by atoms with Gasteiger partial charge >= 0.3 is 0 Å². The molecule has 0 radical (unpaired) electrons. The topological polar surface area (TPSA) is 64.1 Å². The average molecular weight is 372 g/mol. The zero-order valence-corrected chi connectivity index (χ0v) is 15.5. The molecule has 1 aromatic heterocycles. The van der Waals surface area contributed by atoms with Gasteiger partial charge in [-0.2, -0.15) is 0 Å². The molecule has 8 heteroatoms. The van der Waals surface area contributed by atoms with E-state index in [1.165, 1.54) is 11.3 Å². The van der Waals surface area contributed by atoms with Crippen LogP contribution in [0.3, 0.4) is 0 Å². The second-order valence-corrected chi connectivity index (χ2v) is 7.97. The summed E-state index contributed by atoms with van der Waals surface area (Å²) < 4.78 is 6.41. The highest BCUT2D eigenvalue weighted by Crippen LogP contribution is 2.27. The number of carbonyl (C=O) groups excluding carboxylic acids is 1. The molecule has 0 aliphatic carbocycles. The standard InChI is InChI=1S/C15H18ClN3O2S2/c1-9(2)8-22-15-19-18-14(23-15)17-13(20)10(3)21-12-6-4-5-11(16)7-12/h4-7,9-10H,8H2,1-3H3,(H,17,18,20)/t10-/m0/s1. The van der Waals surface area contributed by atoms with Gasteiger partial charge in [0.2, 0.25) is 5.13 Å². The average Bonchev–Trinajstić information content (AvgIpc) is 2.92. The maximum atomic E-state index is 12.1. The molecule has 2 rings (SSSR count). The van der Waals surface area contributed by atoms with Crippen LogP contribution in [0.2, 0.25) is 5.02 Å². The normalized spacial score (nSPS) is 12.2. The Morgan fingerprint density at radius 2 is 2.17 bits per heavy atom. The molecule has 124 valence electrons. The summed E-state index contributed by atoms with van der Waals surface area (Å²) in [5.41, 5.74) is 0. The number of anilines is 1. The molecule has 0 spiro atoms. The lowest BCUT2D eigenvalue weighted by Crippen LogP contribution is -2.30. The van der Waals surface area contributed by atoms with Crippen molar-refractivity contribution >= 4 is 45.7 Å². The minimum atomic E-state index is -0.663. The van der Waals surface area contributed by atoms with Gasteiger partial charge in [-0.1, -0.05) is 54.6 Å². The fraction of sp³-hybridized carbons (Fsp3) is 0.400. The van der Waals surface area contributed by atoms with Crippen molar-refractivity contribution in [2.75, 3.05) is 11.1 Å². The van der Waals surface area contributed by atoms with E-state index in [2.05, 4.69) is 29.4 Å². The molecule has 23 heavy (non-hydrogen) atoms. The van der Waals surface area contributed by atoms with Crippen molar-refractivity contribution in [3.8, 4) is 5.75 Å². The van der Waals surface area contributed by atoms with E-state index in [0.717, 1.165) is 10.1 Å². The van der Waals surface area contributed by atoms with Gasteiger partial charge in [-0.3, -0.25) is 10.1 Å². The van der Waals surface area contributed by atoms with Crippen LogP contribution in [0.5, 0.6) is 5.75 Å². The highest BCUT2D eigenvalue weighted by Gasteiger charge is 2.17. The third kappa shape index (κ3) is 6.01. The van der Waals surface area contributed by atoms with Crippen LogP contribution >= 0.6 is 34.7 Å². The zero-order chi connectivity index (χ0) is 16.8. The predicted molar refractivity (Wildman–Crippen MR) is 95.6 cm³/mol. The predicted octanol–water partition coefficient (Wildman–Crippen LogP) is 4.35. The first-order valence-electron chi connectivity index (χ1n) is 7.13. The summed E-state index contributed by atoms with van der Waals surface area (Å²) >= 11 is 8.89. The van der Waals surface area contributed by atoms with Gasteiger partial charge in [0.25, 0.3) is 5.91 Å². The molecule has 0 fully saturated rings. The second-order valence-electron chi connectivity index (χ2n) is 5.28. The third-order valence-corrected chi connectivity index (χ3v) is 5.29. The number of benzene rings is 1. The number of halogens is 1. The van der Waals surface area contributed by atoms with Crippen LogP contribution in [0.25, 0.3) is 0 Å². The van der Waals surface area contributed by atoms with E-state index in [1.807, 2.05) is 0 Å². The molecule has 0 bridgehead atoms. The fourth-order valence-electron chi connectivity index (χ4n) is 1.56. The lowest BCUT2D eigenvalue weighted by Gasteiger charge is -2.13. The Hall–Kier alpha value is -1.31. The van der Waals surface area contributed by atoms with Gasteiger partial charge in [-0.05, 0) is 31.0 Å². The first-order valence-corrected chi connectivity index (χ1v) is 9.31. The van der Waals surface area contributed by atoms with Crippen molar-refractivity contribution in [3.05, 3.63) is 29.3 Å². The second kappa shape index (κ2) is 8.52. The summed E-state index contributed by atoms with van der Waals surface area (Å²) in [6, 6.07) is 6.93. The first-order chi connectivity index (χ1) is 10.9. The van der Waals surface area contributed by atoms with Gasteiger partial charge in [-0.15, -0.1) is 10.2 Å². The number of nitrogens with one attached hydrogen (secondary N) is 1. The van der Waals surface area contributed by atoms with Crippen molar-refractivity contribution in [1.29, 1.82) is 0 Å². The van der Waals surface area contributed by atoms with Crippen molar-refractivity contribution in [2.24, 2.45) is 5.92 Å². The highest BCUT2D eigenvalue weighted by atomic mass is 35.5. The minimum absolute atomic E-state index is 0.276. The van der Waals surface area contributed by atoms with Crippen LogP contribution in [0.15, 0.2) is 28.6 Å². The van der Waals surface area contributed by atoms with Gasteiger partial charge in [0.1, 0.15) is 5.75 Å². The summed E-state index contributed by atoms with van der Waals surface area (Å²) in [5, 5.41) is 11.8. The smallest absolute Gasteiger partial charge is 0.266 e. The first kappa shape index (κ1) is 18.0. The van der Waals surface area contributed by atoms with E-state index in [9.17, 15) is 4.79 Å². The van der Waals surface area contributed by atoms with Crippen LogP contribution in [-0.4, -0.2) is 28.0 Å². The summed E-state index contributed by atoms with van der Waals surface area (Å²) in [5.74, 6) is 1.82. The number of nitrogens with zero attached hydrogens (tertiary/aromatic N) is 2. The van der Waals surface area contributed by atoms with Crippen molar-refractivity contribution in [2.45, 2.75) is 31.2 Å². The number of carbonyl (C=O) groups is 1. The summed E-state index contributed by atoms with van der Waals surface area (Å²) in [4.78, 5) is 12.1. The van der Waals surface area contributed by atoms with Crippen molar-refractivity contribution in [1.82, 2.24) is 10.2 Å². The minimum Gasteiger partial charge on any atom is -0.481 e. The summed E-state index contributed by atoms with van der Waals surface area (Å²) in [6.45, 7) is 5.96. The number of rotatable bonds is 7. The molecule has 2 aromatic rings. The molecule has 1 heterocycles. The number of thioether (sulfide) groups is 1.